The summed E-state index contributed by atoms with van der Waals surface area (Å²) in [6, 6.07) is 6.40. The standard InChI is InChI=1S/C13H16N2OS/c16-12-4-2-1-3-10(12)15-9-5-6-11-13(7-9)17-8-14-11/h5-8,10,12,15-16H,1-4H2/t10-,12-/m1/s1. The van der Waals surface area contributed by atoms with Crippen LogP contribution in [0.1, 0.15) is 25.7 Å². The fourth-order valence-corrected chi connectivity index (χ4v) is 3.15. The van der Waals surface area contributed by atoms with Gasteiger partial charge >= 0.3 is 0 Å². The quantitative estimate of drug-likeness (QED) is 0.858. The molecule has 0 amide bonds. The number of hydrogen-bond donors (Lipinski definition) is 2. The van der Waals surface area contributed by atoms with Crippen molar-refractivity contribution in [2.75, 3.05) is 5.32 Å². The summed E-state index contributed by atoms with van der Waals surface area (Å²) in [5.41, 5.74) is 4.00. The maximum absolute atomic E-state index is 9.93. The third kappa shape index (κ3) is 2.28. The minimum absolute atomic E-state index is 0.203. The number of nitrogens with zero attached hydrogens (tertiary/aromatic N) is 1. The second kappa shape index (κ2) is 4.63. The maximum Gasteiger partial charge on any atom is 0.0813 e. The average Bonchev–Trinajstić information content (AvgIpc) is 2.79. The van der Waals surface area contributed by atoms with Crippen molar-refractivity contribution in [1.82, 2.24) is 4.98 Å². The molecule has 4 heteroatoms. The van der Waals surface area contributed by atoms with Crippen molar-refractivity contribution in [2.45, 2.75) is 37.8 Å². The van der Waals surface area contributed by atoms with Crippen LogP contribution in [0, 0.1) is 0 Å². The minimum atomic E-state index is -0.207. The Morgan fingerprint density at radius 2 is 2.18 bits per heavy atom. The number of anilines is 1. The lowest BCUT2D eigenvalue weighted by Crippen LogP contribution is -2.36. The summed E-state index contributed by atoms with van der Waals surface area (Å²) in [6.07, 6.45) is 4.12. The van der Waals surface area contributed by atoms with Crippen molar-refractivity contribution >= 4 is 27.2 Å². The summed E-state index contributed by atoms with van der Waals surface area (Å²) in [7, 11) is 0. The Balaban J connectivity index is 1.79. The van der Waals surface area contributed by atoms with Gasteiger partial charge in [0, 0.05) is 5.69 Å². The molecule has 0 bridgehead atoms. The van der Waals surface area contributed by atoms with E-state index in [1.54, 1.807) is 11.3 Å². The smallest absolute Gasteiger partial charge is 0.0813 e. The Morgan fingerprint density at radius 3 is 3.06 bits per heavy atom. The average molecular weight is 248 g/mol. The van der Waals surface area contributed by atoms with Crippen LogP contribution < -0.4 is 5.32 Å². The van der Waals surface area contributed by atoms with E-state index in [0.717, 1.165) is 30.5 Å². The molecule has 3 rings (SSSR count). The van der Waals surface area contributed by atoms with Crippen LogP contribution >= 0.6 is 11.3 Å². The molecule has 90 valence electrons. The predicted octanol–water partition coefficient (Wildman–Crippen LogP) is 3.01. The maximum atomic E-state index is 9.93. The van der Waals surface area contributed by atoms with Gasteiger partial charge in [0.25, 0.3) is 0 Å². The second-order valence-corrected chi connectivity index (χ2v) is 5.52. The first-order valence-corrected chi connectivity index (χ1v) is 6.99. The zero-order valence-corrected chi connectivity index (χ0v) is 10.4. The molecular formula is C13H16N2OS. The topological polar surface area (TPSA) is 45.1 Å². The van der Waals surface area contributed by atoms with Crippen LogP contribution in [-0.4, -0.2) is 22.2 Å². The van der Waals surface area contributed by atoms with Gasteiger partial charge in [0.2, 0.25) is 0 Å². The van der Waals surface area contributed by atoms with Gasteiger partial charge in [-0.25, -0.2) is 4.98 Å². The van der Waals surface area contributed by atoms with E-state index in [4.69, 9.17) is 0 Å². The van der Waals surface area contributed by atoms with E-state index in [0.29, 0.717) is 0 Å². The van der Waals surface area contributed by atoms with Crippen molar-refractivity contribution in [2.24, 2.45) is 0 Å². The van der Waals surface area contributed by atoms with Gasteiger partial charge in [-0.2, -0.15) is 0 Å². The Morgan fingerprint density at radius 1 is 1.29 bits per heavy atom. The van der Waals surface area contributed by atoms with Gasteiger partial charge in [-0.1, -0.05) is 12.8 Å². The number of aliphatic hydroxyl groups is 1. The SMILES string of the molecule is O[C@@H]1CCCC[C@H]1Nc1ccc2ncsc2c1. The molecule has 17 heavy (non-hydrogen) atoms. The molecule has 1 aliphatic rings. The van der Waals surface area contributed by atoms with E-state index in [2.05, 4.69) is 16.4 Å². The first kappa shape index (κ1) is 11.0. The lowest BCUT2D eigenvalue weighted by Gasteiger charge is -2.29. The molecule has 0 unspecified atom stereocenters. The highest BCUT2D eigenvalue weighted by molar-refractivity contribution is 7.16. The Labute approximate surface area is 105 Å². The Hall–Kier alpha value is -1.13. The number of aromatic nitrogens is 1. The van der Waals surface area contributed by atoms with E-state index in [9.17, 15) is 5.11 Å². The molecule has 3 nitrogen and oxygen atoms in total. The monoisotopic (exact) mass is 248 g/mol. The van der Waals surface area contributed by atoms with Gasteiger partial charge in [0.05, 0.1) is 27.9 Å². The molecule has 0 saturated heterocycles. The van der Waals surface area contributed by atoms with Crippen LogP contribution in [0.5, 0.6) is 0 Å². The highest BCUT2D eigenvalue weighted by Gasteiger charge is 2.22. The van der Waals surface area contributed by atoms with Crippen molar-refractivity contribution < 1.29 is 5.11 Å². The molecule has 2 atom stereocenters. The summed E-state index contributed by atoms with van der Waals surface area (Å²) in [6.45, 7) is 0. The lowest BCUT2D eigenvalue weighted by molar-refractivity contribution is 0.116. The molecule has 1 aliphatic carbocycles. The van der Waals surface area contributed by atoms with E-state index >= 15 is 0 Å². The fourth-order valence-electron chi connectivity index (χ4n) is 2.44. The molecule has 1 aromatic carbocycles. The zero-order valence-electron chi connectivity index (χ0n) is 9.60. The predicted molar refractivity (Wildman–Crippen MR) is 71.5 cm³/mol. The summed E-state index contributed by atoms with van der Waals surface area (Å²) >= 11 is 1.65. The number of nitrogens with one attached hydrogen (secondary N) is 1. The van der Waals surface area contributed by atoms with Crippen LogP contribution in [0.3, 0.4) is 0 Å². The van der Waals surface area contributed by atoms with Crippen LogP contribution in [0.4, 0.5) is 5.69 Å². The minimum Gasteiger partial charge on any atom is -0.391 e. The van der Waals surface area contributed by atoms with Crippen molar-refractivity contribution in [3.8, 4) is 0 Å². The van der Waals surface area contributed by atoms with Gasteiger partial charge in [-0.3, -0.25) is 0 Å². The highest BCUT2D eigenvalue weighted by Crippen LogP contribution is 2.25. The van der Waals surface area contributed by atoms with E-state index in [1.165, 1.54) is 11.1 Å². The molecule has 0 aliphatic heterocycles. The van der Waals surface area contributed by atoms with Gasteiger partial charge in [-0.15, -0.1) is 11.3 Å². The van der Waals surface area contributed by atoms with Crippen LogP contribution in [0.15, 0.2) is 23.7 Å². The molecule has 1 saturated carbocycles. The zero-order chi connectivity index (χ0) is 11.7. The molecule has 2 aromatic rings. The van der Waals surface area contributed by atoms with Crippen molar-refractivity contribution in [3.05, 3.63) is 23.7 Å². The normalized spacial score (nSPS) is 25.0. The Bertz CT molecular complexity index is 511. The third-order valence-corrected chi connectivity index (χ3v) is 4.20. The fraction of sp³-hybridized carbons (Fsp3) is 0.462. The molecule has 1 aromatic heterocycles. The second-order valence-electron chi connectivity index (χ2n) is 4.64. The van der Waals surface area contributed by atoms with Crippen molar-refractivity contribution in [3.63, 3.8) is 0 Å². The van der Waals surface area contributed by atoms with Crippen LogP contribution in [-0.2, 0) is 0 Å². The van der Waals surface area contributed by atoms with Crippen LogP contribution in [0.2, 0.25) is 0 Å². The lowest BCUT2D eigenvalue weighted by atomic mass is 9.92. The first-order valence-electron chi connectivity index (χ1n) is 6.11. The molecular weight excluding hydrogens is 232 g/mol. The molecule has 1 fully saturated rings. The van der Waals surface area contributed by atoms with Crippen molar-refractivity contribution in [1.29, 1.82) is 0 Å². The Kier molecular flexibility index (Phi) is 2.99. The molecule has 2 N–H and O–H groups in total. The largest absolute Gasteiger partial charge is 0.391 e. The number of fused-ring (bicyclic) bond motifs is 1. The van der Waals surface area contributed by atoms with Crippen LogP contribution in [0.25, 0.3) is 10.2 Å². The van der Waals surface area contributed by atoms with E-state index in [1.807, 2.05) is 17.6 Å². The summed E-state index contributed by atoms with van der Waals surface area (Å²) < 4.78 is 1.19. The summed E-state index contributed by atoms with van der Waals surface area (Å²) in [4.78, 5) is 4.26. The number of hydrogen-bond acceptors (Lipinski definition) is 4. The van der Waals surface area contributed by atoms with E-state index in [-0.39, 0.29) is 12.1 Å². The van der Waals surface area contributed by atoms with Gasteiger partial charge < -0.3 is 10.4 Å². The molecule has 0 radical (unpaired) electrons. The highest BCUT2D eigenvalue weighted by atomic mass is 32.1. The summed E-state index contributed by atoms with van der Waals surface area (Å²) in [5, 5.41) is 13.4. The summed E-state index contributed by atoms with van der Waals surface area (Å²) in [5.74, 6) is 0. The van der Waals surface area contributed by atoms with Gasteiger partial charge in [0.1, 0.15) is 0 Å². The molecule has 1 heterocycles. The third-order valence-electron chi connectivity index (χ3n) is 3.41. The number of rotatable bonds is 2. The number of thiazole rings is 1. The van der Waals surface area contributed by atoms with E-state index < -0.39 is 0 Å². The number of benzene rings is 1. The first-order chi connectivity index (χ1) is 8.33. The van der Waals surface area contributed by atoms with Gasteiger partial charge in [0.15, 0.2) is 0 Å². The van der Waals surface area contributed by atoms with Gasteiger partial charge in [-0.05, 0) is 31.0 Å². The number of aliphatic hydroxyl groups excluding tert-OH is 1. The molecule has 0 spiro atoms.